The first-order chi connectivity index (χ1) is 8.56. The molecule has 0 bridgehead atoms. The van der Waals surface area contributed by atoms with Crippen LogP contribution in [-0.4, -0.2) is 11.0 Å². The molecule has 2 aromatic rings. The molecular weight excluding hydrogens is 248 g/mol. The van der Waals surface area contributed by atoms with Gasteiger partial charge in [0.15, 0.2) is 0 Å². The Hall–Kier alpha value is -2.14. The van der Waals surface area contributed by atoms with Crippen LogP contribution >= 0.6 is 11.8 Å². The molecule has 2 rings (SSSR count). The van der Waals surface area contributed by atoms with Crippen LogP contribution in [0.4, 0.5) is 5.69 Å². The molecule has 18 heavy (non-hydrogen) atoms. The van der Waals surface area contributed by atoms with Gasteiger partial charge in [-0.1, -0.05) is 11.8 Å². The highest BCUT2D eigenvalue weighted by atomic mass is 32.2. The van der Waals surface area contributed by atoms with Gasteiger partial charge in [-0.3, -0.25) is 4.79 Å². The third-order valence-corrected chi connectivity index (χ3v) is 3.46. The van der Waals surface area contributed by atoms with Crippen molar-refractivity contribution in [1.82, 2.24) is 0 Å². The number of nitrogen functional groups attached to an aromatic ring is 1. The highest BCUT2D eigenvalue weighted by molar-refractivity contribution is 7.99. The van der Waals surface area contributed by atoms with Crippen molar-refractivity contribution < 1.29 is 9.90 Å². The van der Waals surface area contributed by atoms with E-state index in [1.807, 2.05) is 0 Å². The van der Waals surface area contributed by atoms with Crippen LogP contribution in [0.1, 0.15) is 10.4 Å². The van der Waals surface area contributed by atoms with E-state index in [1.165, 1.54) is 11.8 Å². The van der Waals surface area contributed by atoms with Crippen molar-refractivity contribution >= 4 is 23.4 Å². The van der Waals surface area contributed by atoms with Gasteiger partial charge in [-0.15, -0.1) is 0 Å². The fourth-order valence-electron chi connectivity index (χ4n) is 1.44. The number of nitrogens with two attached hydrogens (primary N) is 2. The number of carbonyl (C=O) groups is 1. The van der Waals surface area contributed by atoms with Crippen molar-refractivity contribution in [2.75, 3.05) is 5.73 Å². The highest BCUT2D eigenvalue weighted by Gasteiger charge is 2.06. The number of primary amides is 1. The maximum Gasteiger partial charge on any atom is 0.248 e. The lowest BCUT2D eigenvalue weighted by Crippen LogP contribution is -2.11. The first kappa shape index (κ1) is 12.3. The number of hydrogen-bond donors (Lipinski definition) is 3. The molecule has 0 saturated heterocycles. The van der Waals surface area contributed by atoms with E-state index in [0.717, 1.165) is 9.79 Å². The number of anilines is 1. The van der Waals surface area contributed by atoms with Crippen LogP contribution < -0.4 is 11.5 Å². The van der Waals surface area contributed by atoms with E-state index in [1.54, 1.807) is 42.5 Å². The van der Waals surface area contributed by atoms with Crippen LogP contribution in [-0.2, 0) is 0 Å². The molecule has 0 aromatic heterocycles. The first-order valence-corrected chi connectivity index (χ1v) is 6.04. The van der Waals surface area contributed by atoms with Gasteiger partial charge in [-0.25, -0.2) is 0 Å². The zero-order valence-corrected chi connectivity index (χ0v) is 10.3. The van der Waals surface area contributed by atoms with Crippen molar-refractivity contribution in [3.05, 3.63) is 48.0 Å². The van der Waals surface area contributed by atoms with Crippen molar-refractivity contribution in [3.8, 4) is 5.75 Å². The van der Waals surface area contributed by atoms with Gasteiger partial charge in [0.25, 0.3) is 0 Å². The highest BCUT2D eigenvalue weighted by Crippen LogP contribution is 2.33. The minimum absolute atomic E-state index is 0.219. The number of phenolic OH excluding ortho intramolecular Hbond substituents is 1. The quantitative estimate of drug-likeness (QED) is 0.738. The summed E-state index contributed by atoms with van der Waals surface area (Å²) < 4.78 is 0. The molecule has 4 nitrogen and oxygen atoms in total. The van der Waals surface area contributed by atoms with E-state index in [2.05, 4.69) is 0 Å². The number of amides is 1. The van der Waals surface area contributed by atoms with Gasteiger partial charge in [0.05, 0.1) is 0 Å². The molecule has 0 heterocycles. The second kappa shape index (κ2) is 5.01. The predicted molar refractivity (Wildman–Crippen MR) is 71.6 cm³/mol. The number of hydrogen-bond acceptors (Lipinski definition) is 4. The molecule has 0 fully saturated rings. The maximum atomic E-state index is 11.0. The van der Waals surface area contributed by atoms with Gasteiger partial charge in [-0.05, 0) is 42.5 Å². The van der Waals surface area contributed by atoms with Crippen molar-refractivity contribution in [2.45, 2.75) is 9.79 Å². The molecule has 0 saturated carbocycles. The van der Waals surface area contributed by atoms with Gasteiger partial charge in [-0.2, -0.15) is 0 Å². The minimum atomic E-state index is -0.497. The van der Waals surface area contributed by atoms with Gasteiger partial charge in [0, 0.05) is 21.0 Å². The lowest BCUT2D eigenvalue weighted by Gasteiger charge is -2.06. The van der Waals surface area contributed by atoms with Gasteiger partial charge >= 0.3 is 0 Å². The van der Waals surface area contributed by atoms with Crippen LogP contribution in [0, 0.1) is 0 Å². The SMILES string of the molecule is NC(=O)c1ccc(Sc2ccc(O)cc2)c(N)c1. The van der Waals surface area contributed by atoms with Gasteiger partial charge < -0.3 is 16.6 Å². The Morgan fingerprint density at radius 1 is 1.11 bits per heavy atom. The maximum absolute atomic E-state index is 11.0. The molecule has 5 heteroatoms. The second-order valence-electron chi connectivity index (χ2n) is 3.71. The molecule has 1 amide bonds. The van der Waals surface area contributed by atoms with Gasteiger partial charge in [0.1, 0.15) is 5.75 Å². The number of carbonyl (C=O) groups excluding carboxylic acids is 1. The molecule has 0 atom stereocenters. The molecule has 0 unspecified atom stereocenters. The largest absolute Gasteiger partial charge is 0.508 e. The third kappa shape index (κ3) is 2.75. The van der Waals surface area contributed by atoms with E-state index < -0.39 is 5.91 Å². The topological polar surface area (TPSA) is 89.3 Å². The Bertz CT molecular complexity index is 582. The Kier molecular flexibility index (Phi) is 3.43. The number of benzene rings is 2. The molecule has 0 spiro atoms. The monoisotopic (exact) mass is 260 g/mol. The number of rotatable bonds is 3. The molecule has 0 aliphatic rings. The summed E-state index contributed by atoms with van der Waals surface area (Å²) in [6.07, 6.45) is 0. The van der Waals surface area contributed by atoms with Crippen molar-refractivity contribution in [1.29, 1.82) is 0 Å². The summed E-state index contributed by atoms with van der Waals surface area (Å²) in [5.41, 5.74) is 11.9. The summed E-state index contributed by atoms with van der Waals surface area (Å²) in [7, 11) is 0. The molecule has 0 aliphatic heterocycles. The molecule has 2 aromatic carbocycles. The van der Waals surface area contributed by atoms with Crippen molar-refractivity contribution in [2.24, 2.45) is 5.73 Å². The Morgan fingerprint density at radius 2 is 1.78 bits per heavy atom. The molecular formula is C13H12N2O2S. The fourth-order valence-corrected chi connectivity index (χ4v) is 2.27. The summed E-state index contributed by atoms with van der Waals surface area (Å²) in [5, 5.41) is 9.19. The number of aromatic hydroxyl groups is 1. The molecule has 5 N–H and O–H groups in total. The molecule has 0 radical (unpaired) electrons. The first-order valence-electron chi connectivity index (χ1n) is 5.22. The van der Waals surface area contributed by atoms with E-state index in [0.29, 0.717) is 11.3 Å². The van der Waals surface area contributed by atoms with Crippen LogP contribution in [0.5, 0.6) is 5.75 Å². The van der Waals surface area contributed by atoms with Crippen molar-refractivity contribution in [3.63, 3.8) is 0 Å². The fraction of sp³-hybridized carbons (Fsp3) is 0. The van der Waals surface area contributed by atoms with Crippen LogP contribution in [0.25, 0.3) is 0 Å². The third-order valence-electron chi connectivity index (χ3n) is 2.36. The summed E-state index contributed by atoms with van der Waals surface area (Å²) in [6, 6.07) is 11.8. The van der Waals surface area contributed by atoms with E-state index >= 15 is 0 Å². The Balaban J connectivity index is 2.24. The second-order valence-corrected chi connectivity index (χ2v) is 4.83. The normalized spacial score (nSPS) is 10.2. The Labute approximate surface area is 109 Å². The smallest absolute Gasteiger partial charge is 0.248 e. The van der Waals surface area contributed by atoms with Crippen LogP contribution in [0.2, 0.25) is 0 Å². The minimum Gasteiger partial charge on any atom is -0.508 e. The standard InChI is InChI=1S/C13H12N2O2S/c14-11-7-8(13(15)17)1-6-12(11)18-10-4-2-9(16)3-5-10/h1-7,16H,14H2,(H2,15,17). The summed E-state index contributed by atoms with van der Waals surface area (Å²) in [6.45, 7) is 0. The van der Waals surface area contributed by atoms with E-state index in [-0.39, 0.29) is 5.75 Å². The van der Waals surface area contributed by atoms with Crippen LogP contribution in [0.15, 0.2) is 52.3 Å². The molecule has 0 aliphatic carbocycles. The van der Waals surface area contributed by atoms with E-state index in [4.69, 9.17) is 11.5 Å². The zero-order chi connectivity index (χ0) is 13.1. The zero-order valence-electron chi connectivity index (χ0n) is 9.46. The number of phenols is 1. The van der Waals surface area contributed by atoms with Gasteiger partial charge in [0.2, 0.25) is 5.91 Å². The lowest BCUT2D eigenvalue weighted by atomic mass is 10.2. The van der Waals surface area contributed by atoms with Crippen LogP contribution in [0.3, 0.4) is 0 Å². The summed E-state index contributed by atoms with van der Waals surface area (Å²) in [5.74, 6) is -0.278. The lowest BCUT2D eigenvalue weighted by molar-refractivity contribution is 0.100. The molecule has 92 valence electrons. The summed E-state index contributed by atoms with van der Waals surface area (Å²) >= 11 is 1.46. The average Bonchev–Trinajstić information content (AvgIpc) is 2.34. The van der Waals surface area contributed by atoms with E-state index in [9.17, 15) is 9.90 Å². The summed E-state index contributed by atoms with van der Waals surface area (Å²) in [4.78, 5) is 12.8. The Morgan fingerprint density at radius 3 is 2.33 bits per heavy atom. The predicted octanol–water partition coefficient (Wildman–Crippen LogP) is 2.22. The average molecular weight is 260 g/mol.